The van der Waals surface area contributed by atoms with E-state index < -0.39 is 0 Å². The number of halogens is 1. The number of hydrogen-bond donors (Lipinski definition) is 1. The van der Waals surface area contributed by atoms with E-state index in [4.69, 9.17) is 10.5 Å². The lowest BCUT2D eigenvalue weighted by Gasteiger charge is -2.35. The molecule has 1 aromatic rings. The van der Waals surface area contributed by atoms with Crippen LogP contribution in [0.5, 0.6) is 5.75 Å². The lowest BCUT2D eigenvalue weighted by atomic mass is 9.90. The Morgan fingerprint density at radius 1 is 1.18 bits per heavy atom. The Morgan fingerprint density at radius 3 is 2.27 bits per heavy atom. The van der Waals surface area contributed by atoms with Crippen LogP contribution in [0.15, 0.2) is 24.3 Å². The van der Waals surface area contributed by atoms with Crippen LogP contribution >= 0.6 is 12.4 Å². The molecule has 0 aliphatic carbocycles. The van der Waals surface area contributed by atoms with Crippen molar-refractivity contribution in [1.82, 2.24) is 4.90 Å². The highest BCUT2D eigenvalue weighted by molar-refractivity contribution is 5.85. The van der Waals surface area contributed by atoms with Crippen LogP contribution in [-0.4, -0.2) is 37.2 Å². The van der Waals surface area contributed by atoms with Crippen molar-refractivity contribution in [3.8, 4) is 5.75 Å². The highest BCUT2D eigenvalue weighted by Crippen LogP contribution is 2.23. The molecule has 3 nitrogen and oxygen atoms in total. The van der Waals surface area contributed by atoms with Crippen molar-refractivity contribution >= 4 is 12.4 Å². The van der Waals surface area contributed by atoms with Crippen molar-refractivity contribution in [3.05, 3.63) is 29.8 Å². The summed E-state index contributed by atoms with van der Waals surface area (Å²) in [5.41, 5.74) is 7.45. The second kappa shape index (κ2) is 8.76. The molecule has 1 heterocycles. The van der Waals surface area contributed by atoms with Gasteiger partial charge in [-0.3, -0.25) is 0 Å². The fourth-order valence-electron chi connectivity index (χ4n) is 3.17. The topological polar surface area (TPSA) is 38.5 Å². The molecular formula is C18H31ClN2O. The fraction of sp³-hybridized carbons (Fsp3) is 0.667. The van der Waals surface area contributed by atoms with Crippen molar-refractivity contribution in [2.75, 3.05) is 26.7 Å². The maximum absolute atomic E-state index is 6.11. The summed E-state index contributed by atoms with van der Waals surface area (Å²) < 4.78 is 5.20. The van der Waals surface area contributed by atoms with Crippen molar-refractivity contribution in [1.29, 1.82) is 0 Å². The monoisotopic (exact) mass is 326 g/mol. The molecule has 1 saturated heterocycles. The second-order valence-corrected chi connectivity index (χ2v) is 7.09. The number of rotatable bonds is 6. The first kappa shape index (κ1) is 19.3. The van der Waals surface area contributed by atoms with E-state index in [1.54, 1.807) is 7.11 Å². The third kappa shape index (κ3) is 6.55. The average Bonchev–Trinajstić information content (AvgIpc) is 2.45. The van der Waals surface area contributed by atoms with Gasteiger partial charge in [0, 0.05) is 12.1 Å². The van der Waals surface area contributed by atoms with E-state index in [1.807, 2.05) is 0 Å². The van der Waals surface area contributed by atoms with Crippen LogP contribution in [0.4, 0.5) is 0 Å². The van der Waals surface area contributed by atoms with E-state index in [2.05, 4.69) is 43.0 Å². The Labute approximate surface area is 141 Å². The smallest absolute Gasteiger partial charge is 0.118 e. The predicted molar refractivity (Wildman–Crippen MR) is 96.0 cm³/mol. The lowest BCUT2D eigenvalue weighted by Crippen LogP contribution is -2.47. The summed E-state index contributed by atoms with van der Waals surface area (Å²) in [6, 6.07) is 8.48. The van der Waals surface area contributed by atoms with E-state index in [0.29, 0.717) is 0 Å². The van der Waals surface area contributed by atoms with Crippen LogP contribution in [0.1, 0.15) is 38.7 Å². The Morgan fingerprint density at radius 2 is 1.77 bits per heavy atom. The molecule has 0 aromatic heterocycles. The SMILES string of the molecule is COc1ccc(CCC2CCN(CC(C)(C)N)CC2)cc1.Cl. The second-order valence-electron chi connectivity index (χ2n) is 7.09. The summed E-state index contributed by atoms with van der Waals surface area (Å²) in [4.78, 5) is 2.52. The third-order valence-corrected chi connectivity index (χ3v) is 4.34. The number of ether oxygens (including phenoxy) is 1. The van der Waals surface area contributed by atoms with Crippen LogP contribution in [0.2, 0.25) is 0 Å². The summed E-state index contributed by atoms with van der Waals surface area (Å²) >= 11 is 0. The molecule has 0 radical (unpaired) electrons. The molecule has 0 saturated carbocycles. The fourth-order valence-corrected chi connectivity index (χ4v) is 3.17. The van der Waals surface area contributed by atoms with E-state index in [0.717, 1.165) is 18.2 Å². The van der Waals surface area contributed by atoms with E-state index >= 15 is 0 Å². The van der Waals surface area contributed by atoms with Gasteiger partial charge in [0.25, 0.3) is 0 Å². The number of methoxy groups -OCH3 is 1. The van der Waals surface area contributed by atoms with Crippen molar-refractivity contribution < 1.29 is 4.74 Å². The quantitative estimate of drug-likeness (QED) is 0.869. The predicted octanol–water partition coefficient (Wildman–Crippen LogP) is 3.50. The number of likely N-dealkylation sites (tertiary alicyclic amines) is 1. The van der Waals surface area contributed by atoms with Gasteiger partial charge in [-0.15, -0.1) is 12.4 Å². The Kier molecular flexibility index (Phi) is 7.67. The molecule has 1 aromatic carbocycles. The molecule has 2 rings (SSSR count). The number of aryl methyl sites for hydroxylation is 1. The molecule has 1 fully saturated rings. The Bertz CT molecular complexity index is 420. The molecule has 1 aliphatic rings. The van der Waals surface area contributed by atoms with Crippen LogP contribution in [0.3, 0.4) is 0 Å². The van der Waals surface area contributed by atoms with Gasteiger partial charge in [0.2, 0.25) is 0 Å². The average molecular weight is 327 g/mol. The van der Waals surface area contributed by atoms with Gasteiger partial charge < -0.3 is 15.4 Å². The minimum atomic E-state index is -0.0735. The summed E-state index contributed by atoms with van der Waals surface area (Å²) in [6.45, 7) is 7.64. The van der Waals surface area contributed by atoms with Crippen molar-refractivity contribution in [3.63, 3.8) is 0 Å². The van der Waals surface area contributed by atoms with Crippen LogP contribution in [0, 0.1) is 5.92 Å². The molecule has 2 N–H and O–H groups in total. The first-order valence-electron chi connectivity index (χ1n) is 8.10. The zero-order valence-corrected chi connectivity index (χ0v) is 15.0. The summed E-state index contributed by atoms with van der Waals surface area (Å²) in [5, 5.41) is 0. The maximum atomic E-state index is 6.11. The molecule has 1 aliphatic heterocycles. The summed E-state index contributed by atoms with van der Waals surface area (Å²) in [5.74, 6) is 1.81. The number of nitrogens with zero attached hydrogens (tertiary/aromatic N) is 1. The standard InChI is InChI=1S/C18H30N2O.ClH/c1-18(2,19)14-20-12-10-16(11-13-20)5-4-15-6-8-17(21-3)9-7-15;/h6-9,16H,4-5,10-14,19H2,1-3H3;1H. The number of nitrogens with two attached hydrogens (primary N) is 1. The van der Waals surface area contributed by atoms with Crippen LogP contribution in [0.25, 0.3) is 0 Å². The van der Waals surface area contributed by atoms with Gasteiger partial charge in [-0.25, -0.2) is 0 Å². The molecule has 0 amide bonds. The van der Waals surface area contributed by atoms with Gasteiger partial charge in [0.1, 0.15) is 5.75 Å². The molecule has 0 unspecified atom stereocenters. The molecule has 126 valence electrons. The molecule has 4 heteroatoms. The Hall–Kier alpha value is -0.770. The normalized spacial score (nSPS) is 17.1. The summed E-state index contributed by atoms with van der Waals surface area (Å²) in [6.07, 6.45) is 5.10. The maximum Gasteiger partial charge on any atom is 0.118 e. The largest absolute Gasteiger partial charge is 0.497 e. The van der Waals surface area contributed by atoms with Gasteiger partial charge in [-0.05, 0) is 76.2 Å². The van der Waals surface area contributed by atoms with Gasteiger partial charge in [-0.2, -0.15) is 0 Å². The molecular weight excluding hydrogens is 296 g/mol. The minimum Gasteiger partial charge on any atom is -0.497 e. The van der Waals surface area contributed by atoms with E-state index in [9.17, 15) is 0 Å². The third-order valence-electron chi connectivity index (χ3n) is 4.34. The van der Waals surface area contributed by atoms with E-state index in [-0.39, 0.29) is 17.9 Å². The highest BCUT2D eigenvalue weighted by atomic mass is 35.5. The molecule has 0 atom stereocenters. The minimum absolute atomic E-state index is 0. The molecule has 22 heavy (non-hydrogen) atoms. The van der Waals surface area contributed by atoms with Crippen LogP contribution < -0.4 is 10.5 Å². The van der Waals surface area contributed by atoms with Crippen molar-refractivity contribution in [2.45, 2.75) is 45.1 Å². The molecule has 0 spiro atoms. The first-order valence-corrected chi connectivity index (χ1v) is 8.10. The van der Waals surface area contributed by atoms with Gasteiger partial charge in [-0.1, -0.05) is 12.1 Å². The number of benzene rings is 1. The van der Waals surface area contributed by atoms with Crippen LogP contribution in [-0.2, 0) is 6.42 Å². The molecule has 0 bridgehead atoms. The number of piperidine rings is 1. The number of hydrogen-bond acceptors (Lipinski definition) is 3. The first-order chi connectivity index (χ1) is 9.96. The van der Waals surface area contributed by atoms with E-state index in [1.165, 1.54) is 44.3 Å². The highest BCUT2D eigenvalue weighted by Gasteiger charge is 2.22. The summed E-state index contributed by atoms with van der Waals surface area (Å²) in [7, 11) is 1.71. The zero-order valence-electron chi connectivity index (χ0n) is 14.2. The van der Waals surface area contributed by atoms with Crippen molar-refractivity contribution in [2.24, 2.45) is 11.7 Å². The lowest BCUT2D eigenvalue weighted by molar-refractivity contribution is 0.154. The Balaban J connectivity index is 0.00000242. The zero-order chi connectivity index (χ0) is 15.3. The van der Waals surface area contributed by atoms with Gasteiger partial charge >= 0.3 is 0 Å². The van der Waals surface area contributed by atoms with Gasteiger partial charge in [0.05, 0.1) is 7.11 Å². The van der Waals surface area contributed by atoms with Gasteiger partial charge in [0.15, 0.2) is 0 Å².